The lowest BCUT2D eigenvalue weighted by Gasteiger charge is -2.14. The molecule has 0 fully saturated rings. The van der Waals surface area contributed by atoms with Gasteiger partial charge in [-0.25, -0.2) is 4.99 Å². The molecule has 0 aromatic heterocycles. The Kier molecular flexibility index (Phi) is 9.36. The number of methoxy groups -OCH3 is 2. The van der Waals surface area contributed by atoms with Crippen molar-refractivity contribution in [3.8, 4) is 17.2 Å². The van der Waals surface area contributed by atoms with E-state index in [-0.39, 0.29) is 36.0 Å². The Morgan fingerprint density at radius 1 is 1.15 bits per heavy atom. The first-order valence-corrected chi connectivity index (χ1v) is 8.11. The minimum atomic E-state index is -0.149. The van der Waals surface area contributed by atoms with E-state index in [2.05, 4.69) is 10.3 Å². The van der Waals surface area contributed by atoms with Gasteiger partial charge < -0.3 is 25.3 Å². The summed E-state index contributed by atoms with van der Waals surface area (Å²) in [7, 11) is 3.16. The Bertz CT molecular complexity index is 743. The van der Waals surface area contributed by atoms with Crippen LogP contribution in [0.2, 0.25) is 5.02 Å². The zero-order valence-electron chi connectivity index (χ0n) is 14.9. The smallest absolute Gasteiger partial charge is 0.193 e. The van der Waals surface area contributed by atoms with Gasteiger partial charge in [0, 0.05) is 16.8 Å². The lowest BCUT2D eigenvalue weighted by Crippen LogP contribution is -2.25. The van der Waals surface area contributed by atoms with E-state index in [1.54, 1.807) is 38.5 Å². The summed E-state index contributed by atoms with van der Waals surface area (Å²) >= 11 is 5.94. The molecular formula is C18H23ClIN3O3. The van der Waals surface area contributed by atoms with Crippen molar-refractivity contribution in [1.29, 1.82) is 0 Å². The first kappa shape index (κ1) is 22.2. The molecule has 2 aromatic rings. The lowest BCUT2D eigenvalue weighted by atomic mass is 10.3. The fourth-order valence-electron chi connectivity index (χ4n) is 2.14. The molecule has 3 N–H and O–H groups in total. The van der Waals surface area contributed by atoms with E-state index in [1.807, 2.05) is 25.1 Å². The quantitative estimate of drug-likeness (QED) is 0.345. The molecule has 0 amide bonds. The lowest BCUT2D eigenvalue weighted by molar-refractivity contribution is 0.230. The van der Waals surface area contributed by atoms with E-state index in [4.69, 9.17) is 31.5 Å². The number of benzene rings is 2. The Hall–Kier alpha value is -1.87. The third kappa shape index (κ3) is 6.80. The normalized spacial score (nSPS) is 11.9. The topological polar surface area (TPSA) is 78.1 Å². The van der Waals surface area contributed by atoms with Crippen LogP contribution >= 0.6 is 35.6 Å². The summed E-state index contributed by atoms with van der Waals surface area (Å²) in [6.45, 7) is 2.31. The minimum Gasteiger partial charge on any atom is -0.493 e. The second-order valence-corrected chi connectivity index (χ2v) is 5.74. The molecule has 2 aromatic carbocycles. The molecule has 0 aliphatic heterocycles. The van der Waals surface area contributed by atoms with Gasteiger partial charge in [0.1, 0.15) is 11.9 Å². The number of ether oxygens (including phenoxy) is 3. The van der Waals surface area contributed by atoms with Crippen LogP contribution < -0.4 is 25.3 Å². The molecule has 1 unspecified atom stereocenters. The van der Waals surface area contributed by atoms with E-state index in [0.717, 1.165) is 5.69 Å². The molecule has 0 saturated heterocycles. The maximum Gasteiger partial charge on any atom is 0.193 e. The highest BCUT2D eigenvalue weighted by Crippen LogP contribution is 2.29. The van der Waals surface area contributed by atoms with Crippen LogP contribution in [-0.2, 0) is 0 Å². The van der Waals surface area contributed by atoms with Gasteiger partial charge in [0.2, 0.25) is 0 Å². The summed E-state index contributed by atoms with van der Waals surface area (Å²) in [4.78, 5) is 4.29. The average Bonchev–Trinajstić information content (AvgIpc) is 2.60. The molecule has 0 saturated carbocycles. The highest BCUT2D eigenvalue weighted by Gasteiger charge is 2.07. The molecular weight excluding hydrogens is 469 g/mol. The molecule has 0 aliphatic carbocycles. The number of halogens is 2. The number of rotatable bonds is 7. The Morgan fingerprint density at radius 3 is 2.54 bits per heavy atom. The predicted octanol–water partition coefficient (Wildman–Crippen LogP) is 4.17. The summed E-state index contributed by atoms with van der Waals surface area (Å²) < 4.78 is 16.2. The maximum absolute atomic E-state index is 5.94. The third-order valence-electron chi connectivity index (χ3n) is 3.31. The molecule has 0 aliphatic rings. The van der Waals surface area contributed by atoms with Gasteiger partial charge in [0.15, 0.2) is 17.5 Å². The Balaban J connectivity index is 0.00000338. The first-order chi connectivity index (χ1) is 12.0. The van der Waals surface area contributed by atoms with Gasteiger partial charge in [0.25, 0.3) is 0 Å². The summed E-state index contributed by atoms with van der Waals surface area (Å²) in [5.74, 6) is 2.24. The molecule has 1 atom stereocenters. The second kappa shape index (κ2) is 11.0. The molecule has 0 spiro atoms. The van der Waals surface area contributed by atoms with Gasteiger partial charge in [-0.1, -0.05) is 17.7 Å². The van der Waals surface area contributed by atoms with E-state index in [1.165, 1.54) is 0 Å². The number of nitrogens with two attached hydrogens (primary N) is 1. The summed E-state index contributed by atoms with van der Waals surface area (Å²) in [6.07, 6.45) is -0.149. The Labute approximate surface area is 175 Å². The van der Waals surface area contributed by atoms with Crippen LogP contribution in [-0.4, -0.2) is 32.8 Å². The van der Waals surface area contributed by atoms with E-state index in [0.29, 0.717) is 28.8 Å². The molecule has 0 heterocycles. The number of anilines is 1. The van der Waals surface area contributed by atoms with Gasteiger partial charge in [-0.15, -0.1) is 24.0 Å². The zero-order chi connectivity index (χ0) is 18.2. The molecule has 0 bridgehead atoms. The molecule has 2 rings (SSSR count). The molecule has 26 heavy (non-hydrogen) atoms. The fourth-order valence-corrected chi connectivity index (χ4v) is 2.32. The van der Waals surface area contributed by atoms with Crippen LogP contribution in [0.4, 0.5) is 5.69 Å². The Morgan fingerprint density at radius 2 is 1.88 bits per heavy atom. The minimum absolute atomic E-state index is 0. The monoisotopic (exact) mass is 491 g/mol. The number of nitrogens with one attached hydrogen (secondary N) is 1. The van der Waals surface area contributed by atoms with Crippen LogP contribution in [0, 0.1) is 0 Å². The zero-order valence-corrected chi connectivity index (χ0v) is 17.9. The standard InChI is InChI=1S/C18H22ClN3O3.HI/c1-12(25-15-6-4-5-13(19)9-15)11-21-18(20)22-14-7-8-16(23-2)17(10-14)24-3;/h4-10,12H,11H2,1-3H3,(H3,20,21,22);1H. The third-order valence-corrected chi connectivity index (χ3v) is 3.54. The number of guanidine groups is 1. The highest BCUT2D eigenvalue weighted by molar-refractivity contribution is 14.0. The number of hydrogen-bond donors (Lipinski definition) is 2. The van der Waals surface area contributed by atoms with Crippen molar-refractivity contribution in [3.63, 3.8) is 0 Å². The van der Waals surface area contributed by atoms with Crippen LogP contribution in [0.25, 0.3) is 0 Å². The summed E-state index contributed by atoms with van der Waals surface area (Å²) in [5, 5.41) is 3.64. The average molecular weight is 492 g/mol. The van der Waals surface area contributed by atoms with Crippen molar-refractivity contribution < 1.29 is 14.2 Å². The van der Waals surface area contributed by atoms with E-state index >= 15 is 0 Å². The van der Waals surface area contributed by atoms with E-state index in [9.17, 15) is 0 Å². The van der Waals surface area contributed by atoms with Crippen LogP contribution in [0.1, 0.15) is 6.92 Å². The van der Waals surface area contributed by atoms with Crippen molar-refractivity contribution in [2.24, 2.45) is 10.7 Å². The number of hydrogen-bond acceptors (Lipinski definition) is 4. The van der Waals surface area contributed by atoms with Crippen molar-refractivity contribution >= 4 is 47.2 Å². The maximum atomic E-state index is 5.94. The van der Waals surface area contributed by atoms with Gasteiger partial charge in [-0.3, -0.25) is 0 Å². The summed E-state index contributed by atoms with van der Waals surface area (Å²) in [6, 6.07) is 12.6. The molecule has 6 nitrogen and oxygen atoms in total. The SMILES string of the molecule is COc1ccc(NC(N)=NCC(C)Oc2cccc(Cl)c2)cc1OC.I. The van der Waals surface area contributed by atoms with Crippen molar-refractivity contribution in [3.05, 3.63) is 47.5 Å². The second-order valence-electron chi connectivity index (χ2n) is 5.31. The first-order valence-electron chi connectivity index (χ1n) is 7.73. The number of aliphatic imine (C=N–C) groups is 1. The van der Waals surface area contributed by atoms with Crippen LogP contribution in [0.15, 0.2) is 47.5 Å². The number of nitrogens with zero attached hydrogens (tertiary/aromatic N) is 1. The highest BCUT2D eigenvalue weighted by atomic mass is 127. The van der Waals surface area contributed by atoms with Crippen molar-refractivity contribution in [1.82, 2.24) is 0 Å². The van der Waals surface area contributed by atoms with Gasteiger partial charge in [-0.05, 0) is 37.3 Å². The predicted molar refractivity (Wildman–Crippen MR) is 117 cm³/mol. The molecule has 0 radical (unpaired) electrons. The van der Waals surface area contributed by atoms with Crippen molar-refractivity contribution in [2.45, 2.75) is 13.0 Å². The summed E-state index contributed by atoms with van der Waals surface area (Å²) in [5.41, 5.74) is 6.68. The molecule has 8 heteroatoms. The van der Waals surface area contributed by atoms with Crippen LogP contribution in [0.3, 0.4) is 0 Å². The van der Waals surface area contributed by atoms with Crippen molar-refractivity contribution in [2.75, 3.05) is 26.1 Å². The van der Waals surface area contributed by atoms with Gasteiger partial charge in [-0.2, -0.15) is 0 Å². The fraction of sp³-hybridized carbons (Fsp3) is 0.278. The van der Waals surface area contributed by atoms with Gasteiger partial charge in [0.05, 0.1) is 20.8 Å². The van der Waals surface area contributed by atoms with Crippen LogP contribution in [0.5, 0.6) is 17.2 Å². The largest absolute Gasteiger partial charge is 0.493 e. The van der Waals surface area contributed by atoms with Gasteiger partial charge >= 0.3 is 0 Å². The van der Waals surface area contributed by atoms with E-state index < -0.39 is 0 Å². The molecule has 142 valence electrons.